The second kappa shape index (κ2) is 5.63. The molecule has 0 saturated heterocycles. The summed E-state index contributed by atoms with van der Waals surface area (Å²) >= 11 is 0. The van der Waals surface area contributed by atoms with Gasteiger partial charge in [-0.25, -0.2) is 4.79 Å². The molecular formula is C9H18N2O. The second-order valence-corrected chi connectivity index (χ2v) is 2.68. The summed E-state index contributed by atoms with van der Waals surface area (Å²) in [5, 5.41) is 0. The first kappa shape index (κ1) is 11.0. The predicted molar refractivity (Wildman–Crippen MR) is 51.3 cm³/mol. The van der Waals surface area contributed by atoms with Crippen molar-refractivity contribution >= 4 is 0 Å². The van der Waals surface area contributed by atoms with Gasteiger partial charge in [-0.15, -0.1) is 0 Å². The molecule has 0 atom stereocenters. The van der Waals surface area contributed by atoms with Gasteiger partial charge in [-0.1, -0.05) is 20.3 Å². The normalized spacial score (nSPS) is 9.00. The van der Waals surface area contributed by atoms with Crippen molar-refractivity contribution in [1.82, 2.24) is 9.13 Å². The van der Waals surface area contributed by atoms with E-state index >= 15 is 0 Å². The monoisotopic (exact) mass is 170 g/mol. The molecule has 0 radical (unpaired) electrons. The van der Waals surface area contributed by atoms with Gasteiger partial charge >= 0.3 is 5.69 Å². The Morgan fingerprint density at radius 2 is 1.75 bits per heavy atom. The molecule has 1 aromatic heterocycles. The van der Waals surface area contributed by atoms with Gasteiger partial charge < -0.3 is 4.57 Å². The molecule has 70 valence electrons. The van der Waals surface area contributed by atoms with Crippen LogP contribution in [0.25, 0.3) is 0 Å². The highest BCUT2D eigenvalue weighted by atomic mass is 16.1. The van der Waals surface area contributed by atoms with Crippen LogP contribution in [-0.4, -0.2) is 9.13 Å². The lowest BCUT2D eigenvalue weighted by Gasteiger charge is -1.89. The van der Waals surface area contributed by atoms with E-state index in [1.165, 1.54) is 6.42 Å². The highest BCUT2D eigenvalue weighted by molar-refractivity contribution is 4.78. The van der Waals surface area contributed by atoms with Gasteiger partial charge in [0.05, 0.1) is 0 Å². The van der Waals surface area contributed by atoms with E-state index in [1.807, 2.05) is 6.92 Å². The minimum atomic E-state index is 0.0532. The Bertz CT molecular complexity index is 260. The number of imidazole rings is 1. The Kier molecular flexibility index (Phi) is 5.17. The molecule has 0 fully saturated rings. The second-order valence-electron chi connectivity index (χ2n) is 2.68. The van der Waals surface area contributed by atoms with Crippen molar-refractivity contribution in [2.45, 2.75) is 33.7 Å². The lowest BCUT2D eigenvalue weighted by molar-refractivity contribution is 0.694. The van der Waals surface area contributed by atoms with E-state index in [1.54, 1.807) is 28.6 Å². The molecule has 1 aromatic rings. The van der Waals surface area contributed by atoms with E-state index in [-0.39, 0.29) is 5.69 Å². The third-order valence-electron chi connectivity index (χ3n) is 1.36. The molecule has 0 bridgehead atoms. The maximum absolute atomic E-state index is 10.9. The largest absolute Gasteiger partial charge is 0.327 e. The van der Waals surface area contributed by atoms with Gasteiger partial charge in [0.1, 0.15) is 0 Å². The van der Waals surface area contributed by atoms with E-state index in [0.717, 1.165) is 6.54 Å². The van der Waals surface area contributed by atoms with E-state index in [2.05, 4.69) is 13.8 Å². The van der Waals surface area contributed by atoms with Crippen LogP contribution in [0.3, 0.4) is 0 Å². The molecule has 12 heavy (non-hydrogen) atoms. The SMILES string of the molecule is CCC.CCn1ccn(C)c1=O. The molecule has 1 heterocycles. The zero-order valence-corrected chi connectivity index (χ0v) is 8.37. The van der Waals surface area contributed by atoms with Crippen LogP contribution in [-0.2, 0) is 13.6 Å². The zero-order chi connectivity index (χ0) is 9.56. The molecule has 3 heteroatoms. The highest BCUT2D eigenvalue weighted by Gasteiger charge is 1.93. The third kappa shape index (κ3) is 2.95. The Hall–Kier alpha value is -0.990. The molecule has 0 aliphatic heterocycles. The first-order valence-electron chi connectivity index (χ1n) is 4.39. The quantitative estimate of drug-likeness (QED) is 0.629. The molecule has 3 nitrogen and oxygen atoms in total. The average Bonchev–Trinajstić information content (AvgIpc) is 2.35. The van der Waals surface area contributed by atoms with Crippen molar-refractivity contribution in [3.63, 3.8) is 0 Å². The molecule has 0 N–H and O–H groups in total. The molecule has 1 rings (SSSR count). The first-order chi connectivity index (χ1) is 5.67. The van der Waals surface area contributed by atoms with Gasteiger partial charge in [-0.3, -0.25) is 4.57 Å². The number of aryl methyl sites for hydroxylation is 2. The van der Waals surface area contributed by atoms with E-state index in [9.17, 15) is 4.79 Å². The molecule has 0 aliphatic carbocycles. The molecule has 0 amide bonds. The van der Waals surface area contributed by atoms with Crippen LogP contribution in [0.5, 0.6) is 0 Å². The molecule has 0 spiro atoms. The van der Waals surface area contributed by atoms with Crippen LogP contribution >= 0.6 is 0 Å². The predicted octanol–water partition coefficient (Wildman–Crippen LogP) is 1.62. The van der Waals surface area contributed by atoms with Crippen molar-refractivity contribution in [3.8, 4) is 0 Å². The lowest BCUT2D eigenvalue weighted by atomic mass is 10.6. The minimum Gasteiger partial charge on any atom is -0.302 e. The first-order valence-corrected chi connectivity index (χ1v) is 4.39. The summed E-state index contributed by atoms with van der Waals surface area (Å²) in [6.45, 7) is 6.95. The highest BCUT2D eigenvalue weighted by Crippen LogP contribution is 1.78. The molecule has 0 unspecified atom stereocenters. The molecule has 0 saturated carbocycles. The van der Waals surface area contributed by atoms with Crippen LogP contribution in [0.4, 0.5) is 0 Å². The maximum Gasteiger partial charge on any atom is 0.327 e. The molecule has 0 aliphatic rings. The maximum atomic E-state index is 10.9. The number of aromatic nitrogens is 2. The van der Waals surface area contributed by atoms with Gasteiger partial charge in [0.25, 0.3) is 0 Å². The van der Waals surface area contributed by atoms with Gasteiger partial charge in [0.15, 0.2) is 0 Å². The summed E-state index contributed by atoms with van der Waals surface area (Å²) in [6.07, 6.45) is 4.79. The Morgan fingerprint density at radius 3 is 1.92 bits per heavy atom. The lowest BCUT2D eigenvalue weighted by Crippen LogP contribution is -2.20. The van der Waals surface area contributed by atoms with E-state index < -0.39 is 0 Å². The summed E-state index contributed by atoms with van der Waals surface area (Å²) in [7, 11) is 1.74. The summed E-state index contributed by atoms with van der Waals surface area (Å²) in [5.41, 5.74) is 0.0532. The number of hydrogen-bond acceptors (Lipinski definition) is 1. The smallest absolute Gasteiger partial charge is 0.302 e. The Morgan fingerprint density at radius 1 is 1.25 bits per heavy atom. The van der Waals surface area contributed by atoms with Crippen molar-refractivity contribution in [2.24, 2.45) is 7.05 Å². The summed E-state index contributed by atoms with van der Waals surface area (Å²) in [6, 6.07) is 0. The van der Waals surface area contributed by atoms with Crippen molar-refractivity contribution < 1.29 is 0 Å². The fraction of sp³-hybridized carbons (Fsp3) is 0.667. The summed E-state index contributed by atoms with van der Waals surface area (Å²) in [4.78, 5) is 10.9. The van der Waals surface area contributed by atoms with Crippen LogP contribution in [0.15, 0.2) is 17.2 Å². The topological polar surface area (TPSA) is 26.9 Å². The summed E-state index contributed by atoms with van der Waals surface area (Å²) in [5.74, 6) is 0. The number of rotatable bonds is 1. The van der Waals surface area contributed by atoms with Crippen molar-refractivity contribution in [3.05, 3.63) is 22.9 Å². The Labute approximate surface area is 73.6 Å². The van der Waals surface area contributed by atoms with Gasteiger partial charge in [-0.05, 0) is 6.92 Å². The standard InChI is InChI=1S/C6H10N2O.C3H8/c1-3-8-5-4-7(2)6(8)9;1-3-2/h4-5H,3H2,1-2H3;3H2,1-2H3. The molecular weight excluding hydrogens is 152 g/mol. The fourth-order valence-corrected chi connectivity index (χ4v) is 0.751. The Balaban J connectivity index is 0.000000354. The van der Waals surface area contributed by atoms with Crippen LogP contribution < -0.4 is 5.69 Å². The zero-order valence-electron chi connectivity index (χ0n) is 8.37. The van der Waals surface area contributed by atoms with Crippen LogP contribution in [0.1, 0.15) is 27.2 Å². The molecule has 0 aromatic carbocycles. The number of nitrogens with zero attached hydrogens (tertiary/aromatic N) is 2. The van der Waals surface area contributed by atoms with Crippen molar-refractivity contribution in [1.29, 1.82) is 0 Å². The van der Waals surface area contributed by atoms with E-state index in [4.69, 9.17) is 0 Å². The average molecular weight is 170 g/mol. The van der Waals surface area contributed by atoms with Gasteiger partial charge in [0, 0.05) is 26.0 Å². The van der Waals surface area contributed by atoms with Crippen LogP contribution in [0, 0.1) is 0 Å². The van der Waals surface area contributed by atoms with Crippen molar-refractivity contribution in [2.75, 3.05) is 0 Å². The fourth-order valence-electron chi connectivity index (χ4n) is 0.751. The third-order valence-corrected chi connectivity index (χ3v) is 1.36. The number of hydrogen-bond donors (Lipinski definition) is 0. The summed E-state index contributed by atoms with van der Waals surface area (Å²) < 4.78 is 3.21. The van der Waals surface area contributed by atoms with E-state index in [0.29, 0.717) is 0 Å². The van der Waals surface area contributed by atoms with Gasteiger partial charge in [-0.2, -0.15) is 0 Å². The minimum absolute atomic E-state index is 0.0532. The van der Waals surface area contributed by atoms with Crippen LogP contribution in [0.2, 0.25) is 0 Å². The van der Waals surface area contributed by atoms with Gasteiger partial charge in [0.2, 0.25) is 0 Å².